The van der Waals surface area contributed by atoms with Gasteiger partial charge in [0.15, 0.2) is 0 Å². The van der Waals surface area contributed by atoms with E-state index < -0.39 is 17.8 Å². The molecule has 0 aromatic heterocycles. The largest absolute Gasteiger partial charge is 0.416 e. The van der Waals surface area contributed by atoms with Crippen molar-refractivity contribution < 1.29 is 18.3 Å². The van der Waals surface area contributed by atoms with Crippen molar-refractivity contribution in [3.05, 3.63) is 59.2 Å². The molecule has 1 unspecified atom stereocenters. The van der Waals surface area contributed by atoms with Gasteiger partial charge in [-0.25, -0.2) is 0 Å². The molecule has 1 N–H and O–H groups in total. The van der Waals surface area contributed by atoms with Gasteiger partial charge in [0.25, 0.3) is 0 Å². The molecule has 2 aromatic rings. The summed E-state index contributed by atoms with van der Waals surface area (Å²) in [6, 6.07) is 10.8. The molecule has 0 heterocycles. The van der Waals surface area contributed by atoms with Crippen LogP contribution in [0.15, 0.2) is 42.5 Å². The van der Waals surface area contributed by atoms with Gasteiger partial charge in [0.1, 0.15) is 0 Å². The third-order valence-electron chi connectivity index (χ3n) is 3.76. The van der Waals surface area contributed by atoms with Gasteiger partial charge in [0, 0.05) is 0 Å². The van der Waals surface area contributed by atoms with Crippen LogP contribution in [-0.4, -0.2) is 5.11 Å². The summed E-state index contributed by atoms with van der Waals surface area (Å²) in [6.45, 7) is 0. The first-order valence-corrected chi connectivity index (χ1v) is 6.44. The SMILES string of the molecule is OC1CCc2c(-c3ccc(C(F)(F)F)cc3)cccc21. The van der Waals surface area contributed by atoms with E-state index in [9.17, 15) is 18.3 Å². The van der Waals surface area contributed by atoms with Crippen LogP contribution in [0, 0.1) is 0 Å². The predicted molar refractivity (Wildman–Crippen MR) is 70.2 cm³/mol. The van der Waals surface area contributed by atoms with Crippen molar-refractivity contribution in [1.29, 1.82) is 0 Å². The Hall–Kier alpha value is -1.81. The lowest BCUT2D eigenvalue weighted by atomic mass is 9.96. The van der Waals surface area contributed by atoms with Crippen molar-refractivity contribution in [3.63, 3.8) is 0 Å². The standard InChI is InChI=1S/C16H13F3O/c17-16(18,19)11-6-4-10(5-7-11)12-2-1-3-14-13(12)8-9-15(14)20/h1-7,15,20H,8-9H2. The summed E-state index contributed by atoms with van der Waals surface area (Å²) >= 11 is 0. The van der Waals surface area contributed by atoms with E-state index in [4.69, 9.17) is 0 Å². The van der Waals surface area contributed by atoms with Crippen LogP contribution >= 0.6 is 0 Å². The summed E-state index contributed by atoms with van der Waals surface area (Å²) in [4.78, 5) is 0. The Morgan fingerprint density at radius 2 is 1.70 bits per heavy atom. The van der Waals surface area contributed by atoms with Crippen LogP contribution in [0.1, 0.15) is 29.2 Å². The van der Waals surface area contributed by atoms with Crippen LogP contribution in [0.4, 0.5) is 13.2 Å². The first-order valence-electron chi connectivity index (χ1n) is 6.44. The monoisotopic (exact) mass is 278 g/mol. The summed E-state index contributed by atoms with van der Waals surface area (Å²) in [5.41, 5.74) is 2.95. The number of alkyl halides is 3. The molecule has 0 amide bonds. The van der Waals surface area contributed by atoms with Gasteiger partial charge in [-0.2, -0.15) is 13.2 Å². The molecule has 0 bridgehead atoms. The Bertz CT molecular complexity index is 629. The fourth-order valence-electron chi connectivity index (χ4n) is 2.74. The number of benzene rings is 2. The Balaban J connectivity index is 2.03. The van der Waals surface area contributed by atoms with Gasteiger partial charge in [-0.1, -0.05) is 30.3 Å². The highest BCUT2D eigenvalue weighted by molar-refractivity contribution is 5.70. The van der Waals surface area contributed by atoms with Gasteiger partial charge in [0.2, 0.25) is 0 Å². The van der Waals surface area contributed by atoms with E-state index in [1.54, 1.807) is 0 Å². The number of halogens is 3. The Morgan fingerprint density at radius 1 is 1.00 bits per heavy atom. The Morgan fingerprint density at radius 3 is 2.35 bits per heavy atom. The molecule has 1 atom stereocenters. The zero-order valence-electron chi connectivity index (χ0n) is 10.6. The second kappa shape index (κ2) is 4.63. The third-order valence-corrected chi connectivity index (χ3v) is 3.76. The molecule has 3 rings (SSSR count). The highest BCUT2D eigenvalue weighted by Crippen LogP contribution is 2.38. The maximum Gasteiger partial charge on any atom is 0.416 e. The average molecular weight is 278 g/mol. The zero-order valence-corrected chi connectivity index (χ0v) is 10.6. The normalized spacial score (nSPS) is 18.1. The number of aliphatic hydroxyl groups is 1. The molecule has 0 aliphatic heterocycles. The van der Waals surface area contributed by atoms with E-state index in [2.05, 4.69) is 0 Å². The van der Waals surface area contributed by atoms with E-state index in [1.165, 1.54) is 12.1 Å². The molecule has 20 heavy (non-hydrogen) atoms. The minimum absolute atomic E-state index is 0.459. The molecule has 4 heteroatoms. The van der Waals surface area contributed by atoms with Crippen molar-refractivity contribution >= 4 is 0 Å². The zero-order chi connectivity index (χ0) is 14.3. The third kappa shape index (κ3) is 2.20. The van der Waals surface area contributed by atoms with Crippen LogP contribution in [0.2, 0.25) is 0 Å². The van der Waals surface area contributed by atoms with Crippen molar-refractivity contribution in [1.82, 2.24) is 0 Å². The lowest BCUT2D eigenvalue weighted by Gasteiger charge is -2.11. The van der Waals surface area contributed by atoms with Gasteiger partial charge >= 0.3 is 6.18 Å². The minimum Gasteiger partial charge on any atom is -0.388 e. The van der Waals surface area contributed by atoms with E-state index in [0.29, 0.717) is 6.42 Å². The molecule has 1 nitrogen and oxygen atoms in total. The van der Waals surface area contributed by atoms with Crippen molar-refractivity contribution in [2.75, 3.05) is 0 Å². The molecule has 1 aliphatic rings. The quantitative estimate of drug-likeness (QED) is 0.822. The van der Waals surface area contributed by atoms with E-state index in [1.807, 2.05) is 18.2 Å². The molecule has 0 saturated carbocycles. The number of hydrogen-bond acceptors (Lipinski definition) is 1. The minimum atomic E-state index is -4.31. The average Bonchev–Trinajstić information content (AvgIpc) is 2.80. The van der Waals surface area contributed by atoms with Crippen LogP contribution in [0.5, 0.6) is 0 Å². The molecule has 0 fully saturated rings. The van der Waals surface area contributed by atoms with E-state index in [-0.39, 0.29) is 0 Å². The molecule has 0 spiro atoms. The summed E-state index contributed by atoms with van der Waals surface area (Å²) in [7, 11) is 0. The van der Waals surface area contributed by atoms with E-state index in [0.717, 1.165) is 40.8 Å². The van der Waals surface area contributed by atoms with Crippen molar-refractivity contribution in [3.8, 4) is 11.1 Å². The molecule has 104 valence electrons. The maximum absolute atomic E-state index is 12.6. The predicted octanol–water partition coefficient (Wildman–Crippen LogP) is 4.35. The molecule has 1 aliphatic carbocycles. The van der Waals surface area contributed by atoms with Crippen molar-refractivity contribution in [2.24, 2.45) is 0 Å². The van der Waals surface area contributed by atoms with Gasteiger partial charge < -0.3 is 5.11 Å². The first-order chi connectivity index (χ1) is 9.47. The smallest absolute Gasteiger partial charge is 0.388 e. The highest BCUT2D eigenvalue weighted by atomic mass is 19.4. The van der Waals surface area contributed by atoms with Crippen LogP contribution in [0.25, 0.3) is 11.1 Å². The summed E-state index contributed by atoms with van der Waals surface area (Å²) in [5, 5.41) is 9.85. The van der Waals surface area contributed by atoms with Crippen LogP contribution in [0.3, 0.4) is 0 Å². The molecule has 0 radical (unpaired) electrons. The second-order valence-electron chi connectivity index (χ2n) is 5.00. The second-order valence-corrected chi connectivity index (χ2v) is 5.00. The Labute approximate surface area is 114 Å². The lowest BCUT2D eigenvalue weighted by Crippen LogP contribution is -2.04. The number of fused-ring (bicyclic) bond motifs is 1. The van der Waals surface area contributed by atoms with Crippen LogP contribution < -0.4 is 0 Å². The number of aliphatic hydroxyl groups excluding tert-OH is 1. The van der Waals surface area contributed by atoms with Gasteiger partial charge in [0.05, 0.1) is 11.7 Å². The molecule has 0 saturated heterocycles. The summed E-state index contributed by atoms with van der Waals surface area (Å²) in [5.74, 6) is 0. The fourth-order valence-corrected chi connectivity index (χ4v) is 2.74. The van der Waals surface area contributed by atoms with E-state index >= 15 is 0 Å². The van der Waals surface area contributed by atoms with Gasteiger partial charge in [-0.05, 0) is 47.2 Å². The topological polar surface area (TPSA) is 20.2 Å². The fraction of sp³-hybridized carbons (Fsp3) is 0.250. The van der Waals surface area contributed by atoms with Gasteiger partial charge in [-0.3, -0.25) is 0 Å². The van der Waals surface area contributed by atoms with Crippen LogP contribution in [-0.2, 0) is 12.6 Å². The molecule has 2 aromatic carbocycles. The molecular weight excluding hydrogens is 265 g/mol. The Kier molecular flexibility index (Phi) is 3.05. The summed E-state index contributed by atoms with van der Waals surface area (Å²) in [6.07, 6.45) is -3.34. The summed E-state index contributed by atoms with van der Waals surface area (Å²) < 4.78 is 37.7. The molecular formula is C16H13F3O. The lowest BCUT2D eigenvalue weighted by molar-refractivity contribution is -0.137. The first kappa shape index (κ1) is 13.2. The number of hydrogen-bond donors (Lipinski definition) is 1. The maximum atomic E-state index is 12.6. The number of rotatable bonds is 1. The highest BCUT2D eigenvalue weighted by Gasteiger charge is 2.30. The van der Waals surface area contributed by atoms with Gasteiger partial charge in [-0.15, -0.1) is 0 Å². The van der Waals surface area contributed by atoms with Crippen molar-refractivity contribution in [2.45, 2.75) is 25.1 Å².